The van der Waals surface area contributed by atoms with Crippen LogP contribution in [0.2, 0.25) is 0 Å². The molecule has 2 aliphatic rings. The minimum atomic E-state index is -1.70. The number of nitrogens with one attached hydrogen (secondary N) is 2. The van der Waals surface area contributed by atoms with Gasteiger partial charge in [0.05, 0.1) is 11.4 Å². The standard InChI is InChI=1S/C34H23N5O6/c40-29-27(31(42)38(33(44)36-29)24-13-5-9-19-7-1-3-11-22(19)24)26(21-15-17-35-18-16-21)28-30(41)37-34(45)39(32(28)43)25-14-6-10-20-8-2-4-12-23(20)25/h1-18,26-28H,(H,36,40,44)(H,37,41,45). The minimum Gasteiger partial charge on any atom is -0.277 e. The van der Waals surface area contributed by atoms with Crippen molar-refractivity contribution < 1.29 is 28.8 Å². The van der Waals surface area contributed by atoms with E-state index in [4.69, 9.17) is 0 Å². The van der Waals surface area contributed by atoms with E-state index in [0.717, 1.165) is 20.6 Å². The molecule has 7 rings (SSSR count). The molecule has 1 aromatic heterocycles. The Morgan fingerprint density at radius 1 is 0.533 bits per heavy atom. The molecule has 0 radical (unpaired) electrons. The summed E-state index contributed by atoms with van der Waals surface area (Å²) < 4.78 is 0. The van der Waals surface area contributed by atoms with Crippen molar-refractivity contribution in [1.29, 1.82) is 0 Å². The number of benzene rings is 4. The van der Waals surface area contributed by atoms with Crippen molar-refractivity contribution in [1.82, 2.24) is 15.6 Å². The topological polar surface area (TPSA) is 146 Å². The van der Waals surface area contributed by atoms with Crippen LogP contribution in [0.3, 0.4) is 0 Å². The Kier molecular flexibility index (Phi) is 6.62. The monoisotopic (exact) mass is 597 g/mol. The Morgan fingerprint density at radius 2 is 0.956 bits per heavy atom. The number of hydrogen-bond acceptors (Lipinski definition) is 7. The van der Waals surface area contributed by atoms with E-state index in [0.29, 0.717) is 10.8 Å². The van der Waals surface area contributed by atoms with Gasteiger partial charge in [0.1, 0.15) is 11.8 Å². The van der Waals surface area contributed by atoms with E-state index < -0.39 is 53.4 Å². The van der Waals surface area contributed by atoms with Gasteiger partial charge in [-0.2, -0.15) is 0 Å². The predicted octanol–water partition coefficient (Wildman–Crippen LogP) is 4.27. The first kappa shape index (κ1) is 27.6. The summed E-state index contributed by atoms with van der Waals surface area (Å²) in [5.74, 6) is -8.61. The summed E-state index contributed by atoms with van der Waals surface area (Å²) in [5.41, 5.74) is 0.730. The zero-order valence-electron chi connectivity index (χ0n) is 23.4. The summed E-state index contributed by atoms with van der Waals surface area (Å²) in [6.45, 7) is 0. The van der Waals surface area contributed by atoms with Crippen molar-refractivity contribution >= 4 is 68.6 Å². The third-order valence-corrected chi connectivity index (χ3v) is 8.23. The van der Waals surface area contributed by atoms with Crippen molar-refractivity contribution in [3.05, 3.63) is 115 Å². The zero-order chi connectivity index (χ0) is 31.2. The Morgan fingerprint density at radius 3 is 1.42 bits per heavy atom. The molecule has 2 aliphatic heterocycles. The molecule has 2 N–H and O–H groups in total. The molecule has 0 bridgehead atoms. The summed E-state index contributed by atoms with van der Waals surface area (Å²) >= 11 is 0. The lowest BCUT2D eigenvalue weighted by atomic mass is 9.73. The molecule has 3 heterocycles. The number of barbiturate groups is 2. The summed E-state index contributed by atoms with van der Waals surface area (Å²) in [6.07, 6.45) is 2.81. The van der Waals surface area contributed by atoms with E-state index in [9.17, 15) is 28.8 Å². The number of carbonyl (C=O) groups is 6. The second-order valence-electron chi connectivity index (χ2n) is 10.7. The van der Waals surface area contributed by atoms with Crippen molar-refractivity contribution in [2.24, 2.45) is 11.8 Å². The molecule has 4 aromatic carbocycles. The van der Waals surface area contributed by atoms with Crippen molar-refractivity contribution in [3.63, 3.8) is 0 Å². The predicted molar refractivity (Wildman–Crippen MR) is 164 cm³/mol. The molecule has 2 atom stereocenters. The highest BCUT2D eigenvalue weighted by atomic mass is 16.2. The number of pyridine rings is 1. The van der Waals surface area contributed by atoms with Crippen molar-refractivity contribution in [2.75, 3.05) is 9.80 Å². The van der Waals surface area contributed by atoms with E-state index in [1.165, 1.54) is 24.5 Å². The van der Waals surface area contributed by atoms with Crippen LogP contribution in [0, 0.1) is 11.8 Å². The average Bonchev–Trinajstić information content (AvgIpc) is 3.04. The highest BCUT2D eigenvalue weighted by molar-refractivity contribution is 6.32. The summed E-state index contributed by atoms with van der Waals surface area (Å²) in [6, 6.07) is 25.4. The van der Waals surface area contributed by atoms with Gasteiger partial charge < -0.3 is 0 Å². The van der Waals surface area contributed by atoms with Crippen molar-refractivity contribution in [3.8, 4) is 0 Å². The van der Waals surface area contributed by atoms with Gasteiger partial charge in [0.2, 0.25) is 23.6 Å². The van der Waals surface area contributed by atoms with Crippen LogP contribution in [-0.4, -0.2) is 40.7 Å². The number of urea groups is 2. The fourth-order valence-corrected chi connectivity index (χ4v) is 6.24. The fraction of sp³-hybridized carbons (Fsp3) is 0.0882. The van der Waals surface area contributed by atoms with Crippen LogP contribution >= 0.6 is 0 Å². The quantitative estimate of drug-likeness (QED) is 0.288. The van der Waals surface area contributed by atoms with Crippen LogP contribution in [0.25, 0.3) is 21.5 Å². The molecule has 11 heteroatoms. The normalized spacial score (nSPS) is 19.6. The van der Waals surface area contributed by atoms with Gasteiger partial charge in [-0.15, -0.1) is 0 Å². The fourth-order valence-electron chi connectivity index (χ4n) is 6.24. The molecule has 0 saturated carbocycles. The smallest absolute Gasteiger partial charge is 0.277 e. The Hall–Kier alpha value is -6.23. The Balaban J connectivity index is 1.37. The number of amides is 8. The molecular formula is C34H23N5O6. The first-order chi connectivity index (χ1) is 21.8. The van der Waals surface area contributed by atoms with Gasteiger partial charge in [0.25, 0.3) is 0 Å². The lowest BCUT2D eigenvalue weighted by Gasteiger charge is -2.39. The van der Waals surface area contributed by atoms with Crippen LogP contribution in [0.4, 0.5) is 21.0 Å². The van der Waals surface area contributed by atoms with Crippen molar-refractivity contribution in [2.45, 2.75) is 5.92 Å². The van der Waals surface area contributed by atoms with Gasteiger partial charge in [-0.05, 0) is 40.6 Å². The molecule has 0 aliphatic carbocycles. The molecule has 11 nitrogen and oxygen atoms in total. The lowest BCUT2D eigenvalue weighted by Crippen LogP contribution is -2.64. The van der Waals surface area contributed by atoms with E-state index in [1.54, 1.807) is 48.5 Å². The van der Waals surface area contributed by atoms with E-state index in [-0.39, 0.29) is 16.9 Å². The largest absolute Gasteiger partial charge is 0.335 e. The van der Waals surface area contributed by atoms with Gasteiger partial charge in [0, 0.05) is 29.1 Å². The molecular weight excluding hydrogens is 574 g/mol. The molecule has 2 unspecified atom stereocenters. The lowest BCUT2D eigenvalue weighted by molar-refractivity contribution is -0.140. The minimum absolute atomic E-state index is 0.230. The first-order valence-corrected chi connectivity index (χ1v) is 14.1. The molecule has 45 heavy (non-hydrogen) atoms. The zero-order valence-corrected chi connectivity index (χ0v) is 23.4. The molecule has 220 valence electrons. The number of imide groups is 4. The average molecular weight is 598 g/mol. The second kappa shape index (κ2) is 10.8. The SMILES string of the molecule is O=C1NC(=O)N(c2cccc3ccccc23)C(=O)C1C(c1ccncc1)C1C(=O)NC(=O)N(c2cccc3ccccc23)C1=O. The summed E-state index contributed by atoms with van der Waals surface area (Å²) in [7, 11) is 0. The Bertz CT molecular complexity index is 1940. The maximum atomic E-state index is 14.4. The number of nitrogens with zero attached hydrogens (tertiary/aromatic N) is 3. The molecule has 2 saturated heterocycles. The molecule has 2 fully saturated rings. The molecule has 0 spiro atoms. The van der Waals surface area contributed by atoms with Gasteiger partial charge in [-0.1, -0.05) is 72.8 Å². The number of carbonyl (C=O) groups excluding carboxylic acids is 6. The van der Waals surface area contributed by atoms with Gasteiger partial charge in [-0.3, -0.25) is 34.8 Å². The number of aromatic nitrogens is 1. The second-order valence-corrected chi connectivity index (χ2v) is 10.7. The van der Waals surface area contributed by atoms with Gasteiger partial charge >= 0.3 is 12.1 Å². The number of rotatable bonds is 5. The highest BCUT2D eigenvalue weighted by Crippen LogP contribution is 2.41. The van der Waals surface area contributed by atoms with E-state index in [2.05, 4.69) is 15.6 Å². The van der Waals surface area contributed by atoms with Crippen LogP contribution in [-0.2, 0) is 19.2 Å². The van der Waals surface area contributed by atoms with Gasteiger partial charge in [0.15, 0.2) is 0 Å². The van der Waals surface area contributed by atoms with Crippen LogP contribution in [0.15, 0.2) is 109 Å². The number of hydrogen-bond donors (Lipinski definition) is 2. The van der Waals surface area contributed by atoms with Gasteiger partial charge in [-0.25, -0.2) is 19.4 Å². The highest BCUT2D eigenvalue weighted by Gasteiger charge is 2.55. The summed E-state index contributed by atoms with van der Waals surface area (Å²) in [5, 5.41) is 7.17. The van der Waals surface area contributed by atoms with E-state index >= 15 is 0 Å². The molecule has 8 amide bonds. The Labute approximate surface area is 255 Å². The van der Waals surface area contributed by atoms with Crippen LogP contribution in [0.5, 0.6) is 0 Å². The van der Waals surface area contributed by atoms with E-state index in [1.807, 2.05) is 36.4 Å². The number of fused-ring (bicyclic) bond motifs is 2. The van der Waals surface area contributed by atoms with Crippen LogP contribution in [0.1, 0.15) is 11.5 Å². The third kappa shape index (κ3) is 4.49. The maximum absolute atomic E-state index is 14.4. The first-order valence-electron chi connectivity index (χ1n) is 14.1. The van der Waals surface area contributed by atoms with Crippen LogP contribution < -0.4 is 20.4 Å². The number of anilines is 2. The summed E-state index contributed by atoms with van der Waals surface area (Å²) in [4.78, 5) is 88.1. The third-order valence-electron chi connectivity index (χ3n) is 8.23. The molecule has 5 aromatic rings. The maximum Gasteiger partial charge on any atom is 0.335 e.